The minimum atomic E-state index is -0.400. The molecule has 0 aromatic heterocycles. The largest absolute Gasteiger partial charge is 0.394 e. The molecule has 0 unspecified atom stereocenters. The van der Waals surface area contributed by atoms with Crippen molar-refractivity contribution >= 4 is 11.7 Å². The minimum Gasteiger partial charge on any atom is -0.394 e. The van der Waals surface area contributed by atoms with E-state index in [1.807, 2.05) is 32.0 Å². The molecular formula is C17H23NO3. The van der Waals surface area contributed by atoms with Crippen molar-refractivity contribution in [3.05, 3.63) is 35.9 Å². The molecule has 0 aliphatic heterocycles. The fourth-order valence-electron chi connectivity index (χ4n) is 2.47. The Labute approximate surface area is 125 Å². The van der Waals surface area contributed by atoms with Crippen molar-refractivity contribution in [3.63, 3.8) is 0 Å². The molecule has 2 rings (SSSR count). The van der Waals surface area contributed by atoms with Crippen molar-refractivity contribution in [1.29, 1.82) is 0 Å². The van der Waals surface area contributed by atoms with E-state index in [2.05, 4.69) is 5.32 Å². The highest BCUT2D eigenvalue weighted by atomic mass is 16.3. The van der Waals surface area contributed by atoms with Gasteiger partial charge in [0.1, 0.15) is 0 Å². The summed E-state index contributed by atoms with van der Waals surface area (Å²) in [5, 5.41) is 12.1. The van der Waals surface area contributed by atoms with Crippen LogP contribution in [0.1, 0.15) is 49.9 Å². The molecule has 0 saturated heterocycles. The minimum absolute atomic E-state index is 0.0118. The zero-order valence-corrected chi connectivity index (χ0v) is 12.7. The predicted molar refractivity (Wildman–Crippen MR) is 81.0 cm³/mol. The van der Waals surface area contributed by atoms with Gasteiger partial charge >= 0.3 is 0 Å². The number of carbonyl (C=O) groups excluding carboxylic acids is 2. The van der Waals surface area contributed by atoms with Crippen LogP contribution in [0.25, 0.3) is 0 Å². The molecule has 1 aromatic rings. The van der Waals surface area contributed by atoms with E-state index in [0.29, 0.717) is 12.0 Å². The summed E-state index contributed by atoms with van der Waals surface area (Å²) in [6.45, 7) is 3.83. The van der Waals surface area contributed by atoms with Crippen LogP contribution in [-0.4, -0.2) is 28.9 Å². The average Bonchev–Trinajstić information content (AvgIpc) is 3.18. The lowest BCUT2D eigenvalue weighted by molar-refractivity contribution is -0.124. The monoisotopic (exact) mass is 289 g/mol. The Hall–Kier alpha value is -1.68. The van der Waals surface area contributed by atoms with Crippen molar-refractivity contribution in [1.82, 2.24) is 5.32 Å². The fraction of sp³-hybridized carbons (Fsp3) is 0.529. The van der Waals surface area contributed by atoms with Gasteiger partial charge in [-0.2, -0.15) is 0 Å². The Morgan fingerprint density at radius 1 is 1.19 bits per heavy atom. The van der Waals surface area contributed by atoms with Crippen LogP contribution in [0.2, 0.25) is 0 Å². The van der Waals surface area contributed by atoms with Gasteiger partial charge in [0, 0.05) is 18.4 Å². The topological polar surface area (TPSA) is 66.4 Å². The van der Waals surface area contributed by atoms with E-state index in [1.54, 1.807) is 12.1 Å². The number of aliphatic hydroxyl groups is 1. The molecule has 0 spiro atoms. The Morgan fingerprint density at radius 3 is 2.33 bits per heavy atom. The van der Waals surface area contributed by atoms with Crippen LogP contribution in [0.3, 0.4) is 0 Å². The number of benzene rings is 1. The molecule has 4 nitrogen and oxygen atoms in total. The van der Waals surface area contributed by atoms with E-state index < -0.39 is 11.0 Å². The number of aliphatic hydroxyl groups excluding tert-OH is 1. The number of Topliss-reactive ketones (excluding diaryl/α,β-unsaturated/α-hetero) is 1. The lowest BCUT2D eigenvalue weighted by Gasteiger charge is -2.24. The normalized spacial score (nSPS) is 16.3. The maximum atomic E-state index is 12.2. The van der Waals surface area contributed by atoms with Gasteiger partial charge in [0.05, 0.1) is 12.1 Å². The molecule has 21 heavy (non-hydrogen) atoms. The fourth-order valence-corrected chi connectivity index (χ4v) is 2.47. The zero-order valence-electron chi connectivity index (χ0n) is 12.7. The van der Waals surface area contributed by atoms with E-state index in [1.165, 1.54) is 0 Å². The number of hydrogen-bond donors (Lipinski definition) is 2. The quantitative estimate of drug-likeness (QED) is 0.757. The zero-order chi connectivity index (χ0) is 15.5. The van der Waals surface area contributed by atoms with Crippen LogP contribution >= 0.6 is 0 Å². The van der Waals surface area contributed by atoms with Crippen LogP contribution < -0.4 is 5.32 Å². The van der Waals surface area contributed by atoms with Gasteiger partial charge in [-0.05, 0) is 18.3 Å². The molecule has 1 aromatic carbocycles. The highest BCUT2D eigenvalue weighted by Gasteiger charge is 2.43. The van der Waals surface area contributed by atoms with E-state index in [4.69, 9.17) is 0 Å². The molecule has 114 valence electrons. The number of ketones is 1. The Balaban J connectivity index is 1.89. The number of rotatable bonds is 7. The van der Waals surface area contributed by atoms with Crippen LogP contribution in [0.15, 0.2) is 30.3 Å². The van der Waals surface area contributed by atoms with Crippen molar-refractivity contribution in [2.75, 3.05) is 6.61 Å². The van der Waals surface area contributed by atoms with Crippen LogP contribution in [0, 0.1) is 5.41 Å². The molecule has 1 fully saturated rings. The Bertz CT molecular complexity index is 518. The van der Waals surface area contributed by atoms with Gasteiger partial charge in [-0.3, -0.25) is 9.59 Å². The smallest absolute Gasteiger partial charge is 0.221 e. The molecule has 1 saturated carbocycles. The summed E-state index contributed by atoms with van der Waals surface area (Å²) >= 11 is 0. The molecule has 2 N–H and O–H groups in total. The summed E-state index contributed by atoms with van der Waals surface area (Å²) in [6, 6.07) is 9.14. The highest BCUT2D eigenvalue weighted by Crippen LogP contribution is 2.35. The van der Waals surface area contributed by atoms with E-state index in [-0.39, 0.29) is 24.7 Å². The van der Waals surface area contributed by atoms with Crippen molar-refractivity contribution in [3.8, 4) is 0 Å². The van der Waals surface area contributed by atoms with E-state index in [0.717, 1.165) is 12.8 Å². The molecule has 1 aliphatic rings. The SMILES string of the molecule is CC(C)(CC(=O)NC1(CO)CC1)CC(=O)c1ccccc1. The molecule has 0 atom stereocenters. The summed E-state index contributed by atoms with van der Waals surface area (Å²) < 4.78 is 0. The first-order valence-electron chi connectivity index (χ1n) is 7.36. The molecule has 1 amide bonds. The predicted octanol–water partition coefficient (Wildman–Crippen LogP) is 2.32. The standard InChI is InChI=1S/C17H23NO3/c1-16(2,10-14(20)13-6-4-3-5-7-13)11-15(21)18-17(12-19)8-9-17/h3-7,19H,8-12H2,1-2H3,(H,18,21). The van der Waals surface area contributed by atoms with Crippen LogP contribution in [-0.2, 0) is 4.79 Å². The average molecular weight is 289 g/mol. The van der Waals surface area contributed by atoms with Gasteiger partial charge in [0.25, 0.3) is 0 Å². The lowest BCUT2D eigenvalue weighted by atomic mass is 9.82. The van der Waals surface area contributed by atoms with Gasteiger partial charge in [0.2, 0.25) is 5.91 Å². The third kappa shape index (κ3) is 4.39. The molecule has 0 heterocycles. The van der Waals surface area contributed by atoms with Gasteiger partial charge in [-0.15, -0.1) is 0 Å². The van der Waals surface area contributed by atoms with Crippen LogP contribution in [0.4, 0.5) is 0 Å². The van der Waals surface area contributed by atoms with Gasteiger partial charge in [0.15, 0.2) is 5.78 Å². The third-order valence-corrected chi connectivity index (χ3v) is 3.93. The van der Waals surface area contributed by atoms with E-state index in [9.17, 15) is 14.7 Å². The first-order chi connectivity index (χ1) is 9.86. The Kier molecular flexibility index (Phi) is 4.47. The summed E-state index contributed by atoms with van der Waals surface area (Å²) in [6.07, 6.45) is 2.28. The molecule has 0 bridgehead atoms. The highest BCUT2D eigenvalue weighted by molar-refractivity contribution is 5.96. The number of carbonyl (C=O) groups is 2. The number of hydrogen-bond acceptors (Lipinski definition) is 3. The summed E-state index contributed by atoms with van der Waals surface area (Å²) in [5.74, 6) is -0.0379. The first-order valence-corrected chi connectivity index (χ1v) is 7.36. The number of amides is 1. The van der Waals surface area contributed by atoms with Gasteiger partial charge in [-0.1, -0.05) is 44.2 Å². The molecular weight excluding hydrogens is 266 g/mol. The van der Waals surface area contributed by atoms with E-state index >= 15 is 0 Å². The first kappa shape index (κ1) is 15.7. The molecule has 0 radical (unpaired) electrons. The lowest BCUT2D eigenvalue weighted by Crippen LogP contribution is -2.41. The molecule has 4 heteroatoms. The number of nitrogens with one attached hydrogen (secondary N) is 1. The van der Waals surface area contributed by atoms with Gasteiger partial charge < -0.3 is 10.4 Å². The molecule has 1 aliphatic carbocycles. The summed E-state index contributed by atoms with van der Waals surface area (Å²) in [7, 11) is 0. The summed E-state index contributed by atoms with van der Waals surface area (Å²) in [4.78, 5) is 24.3. The Morgan fingerprint density at radius 2 is 1.81 bits per heavy atom. The third-order valence-electron chi connectivity index (χ3n) is 3.93. The second-order valence-corrected chi connectivity index (χ2v) is 6.79. The summed E-state index contributed by atoms with van der Waals surface area (Å²) in [5.41, 5.74) is -0.112. The van der Waals surface area contributed by atoms with Crippen molar-refractivity contribution < 1.29 is 14.7 Å². The van der Waals surface area contributed by atoms with Crippen molar-refractivity contribution in [2.45, 2.75) is 45.1 Å². The van der Waals surface area contributed by atoms with Crippen molar-refractivity contribution in [2.24, 2.45) is 5.41 Å². The maximum absolute atomic E-state index is 12.2. The second-order valence-electron chi connectivity index (χ2n) is 6.79. The van der Waals surface area contributed by atoms with Gasteiger partial charge in [-0.25, -0.2) is 0 Å². The second kappa shape index (κ2) is 5.98. The van der Waals surface area contributed by atoms with Crippen LogP contribution in [0.5, 0.6) is 0 Å². The maximum Gasteiger partial charge on any atom is 0.221 e.